The van der Waals surface area contributed by atoms with Crippen LogP contribution in [0.5, 0.6) is 0 Å². The first-order chi connectivity index (χ1) is 6.18. The topological polar surface area (TPSA) is 71.8 Å². The van der Waals surface area contributed by atoms with Gasteiger partial charge in [-0.1, -0.05) is 0 Å². The third-order valence-electron chi connectivity index (χ3n) is 1.96. The Balaban J connectivity index is 2.77. The van der Waals surface area contributed by atoms with E-state index in [1.807, 2.05) is 6.92 Å². The second kappa shape index (κ2) is 2.55. The number of benzene rings is 1. The number of non-ortho nitro benzene ring substituents is 1. The van der Waals surface area contributed by atoms with Crippen molar-refractivity contribution in [1.29, 1.82) is 0 Å². The number of nitrogens with one attached hydrogen (secondary N) is 1. The lowest BCUT2D eigenvalue weighted by atomic mass is 10.1. The highest BCUT2D eigenvalue weighted by molar-refractivity contribution is 5.83. The minimum atomic E-state index is -0.409. The molecule has 13 heavy (non-hydrogen) atoms. The molecule has 0 fully saturated rings. The van der Waals surface area contributed by atoms with Gasteiger partial charge < -0.3 is 0 Å². The quantitative estimate of drug-likeness (QED) is 0.533. The molecule has 0 aliphatic carbocycles. The van der Waals surface area contributed by atoms with E-state index in [0.717, 1.165) is 10.9 Å². The van der Waals surface area contributed by atoms with Crippen LogP contribution in [0.1, 0.15) is 5.56 Å². The highest BCUT2D eigenvalue weighted by atomic mass is 16.6. The van der Waals surface area contributed by atoms with Gasteiger partial charge in [0.15, 0.2) is 0 Å². The predicted octanol–water partition coefficient (Wildman–Crippen LogP) is 1.78. The van der Waals surface area contributed by atoms with Crippen molar-refractivity contribution < 1.29 is 4.92 Å². The number of hydrogen-bond donors (Lipinski definition) is 1. The fourth-order valence-corrected chi connectivity index (χ4v) is 1.31. The van der Waals surface area contributed by atoms with Gasteiger partial charge in [0, 0.05) is 17.5 Å². The Hall–Kier alpha value is -1.91. The molecule has 0 bridgehead atoms. The molecule has 1 aromatic carbocycles. The Bertz CT molecular complexity index is 475. The van der Waals surface area contributed by atoms with Crippen molar-refractivity contribution in [3.63, 3.8) is 0 Å². The summed E-state index contributed by atoms with van der Waals surface area (Å²) >= 11 is 0. The molecule has 0 aliphatic rings. The molecule has 0 radical (unpaired) electrons. The summed E-state index contributed by atoms with van der Waals surface area (Å²) in [6.45, 7) is 1.82. The minimum Gasteiger partial charge on any atom is -0.278 e. The van der Waals surface area contributed by atoms with E-state index in [-0.39, 0.29) is 5.69 Å². The van der Waals surface area contributed by atoms with Crippen LogP contribution in [0.4, 0.5) is 5.69 Å². The van der Waals surface area contributed by atoms with Crippen LogP contribution in [0.25, 0.3) is 10.9 Å². The molecule has 0 unspecified atom stereocenters. The summed E-state index contributed by atoms with van der Waals surface area (Å²) < 4.78 is 0. The van der Waals surface area contributed by atoms with Crippen LogP contribution < -0.4 is 0 Å². The lowest BCUT2D eigenvalue weighted by molar-refractivity contribution is -0.384. The van der Waals surface area contributed by atoms with Gasteiger partial charge in [0.25, 0.3) is 5.69 Å². The second-order valence-electron chi connectivity index (χ2n) is 2.85. The summed E-state index contributed by atoms with van der Waals surface area (Å²) in [7, 11) is 0. The first-order valence-electron chi connectivity index (χ1n) is 3.76. The summed E-state index contributed by atoms with van der Waals surface area (Å²) in [5, 5.41) is 17.9. The lowest BCUT2D eigenvalue weighted by Crippen LogP contribution is -1.88. The molecule has 1 N–H and O–H groups in total. The Kier molecular flexibility index (Phi) is 1.51. The standard InChI is InChI=1S/C8H7N3O2/c1-5-2-6(11(12)13)3-8-7(5)4-9-10-8/h2-4H,1H3,(H,9,10). The summed E-state index contributed by atoms with van der Waals surface area (Å²) in [5.41, 5.74) is 1.65. The maximum Gasteiger partial charge on any atom is 0.271 e. The minimum absolute atomic E-state index is 0.0919. The maximum absolute atomic E-state index is 10.5. The van der Waals surface area contributed by atoms with Gasteiger partial charge in [0.2, 0.25) is 0 Å². The van der Waals surface area contributed by atoms with Crippen LogP contribution in [0.15, 0.2) is 18.3 Å². The Labute approximate surface area is 73.5 Å². The molecule has 0 atom stereocenters. The molecular formula is C8H7N3O2. The molecule has 0 saturated carbocycles. The number of H-pyrrole nitrogens is 1. The molecule has 1 heterocycles. The fourth-order valence-electron chi connectivity index (χ4n) is 1.31. The van der Waals surface area contributed by atoms with Crippen LogP contribution in [0.2, 0.25) is 0 Å². The number of nitro groups is 1. The van der Waals surface area contributed by atoms with Crippen LogP contribution in [0.3, 0.4) is 0 Å². The zero-order valence-corrected chi connectivity index (χ0v) is 6.94. The lowest BCUT2D eigenvalue weighted by Gasteiger charge is -1.95. The first-order valence-corrected chi connectivity index (χ1v) is 3.76. The molecular weight excluding hydrogens is 170 g/mol. The maximum atomic E-state index is 10.5. The van der Waals surface area contributed by atoms with E-state index in [9.17, 15) is 10.1 Å². The molecule has 66 valence electrons. The first kappa shape index (κ1) is 7.72. The molecule has 2 rings (SSSR count). The smallest absolute Gasteiger partial charge is 0.271 e. The van der Waals surface area contributed by atoms with Crippen molar-refractivity contribution >= 4 is 16.6 Å². The van der Waals surface area contributed by atoms with Gasteiger partial charge in [0.05, 0.1) is 16.6 Å². The van der Waals surface area contributed by atoms with Crippen molar-refractivity contribution in [3.05, 3.63) is 34.0 Å². The van der Waals surface area contributed by atoms with Crippen LogP contribution in [-0.2, 0) is 0 Å². The molecule has 0 amide bonds. The molecule has 5 heteroatoms. The highest BCUT2D eigenvalue weighted by Gasteiger charge is 2.09. The van der Waals surface area contributed by atoms with Crippen molar-refractivity contribution in [2.45, 2.75) is 6.92 Å². The van der Waals surface area contributed by atoms with E-state index in [2.05, 4.69) is 10.2 Å². The largest absolute Gasteiger partial charge is 0.278 e. The zero-order valence-electron chi connectivity index (χ0n) is 6.94. The zero-order chi connectivity index (χ0) is 9.42. The number of fused-ring (bicyclic) bond motifs is 1. The number of aryl methyl sites for hydroxylation is 1. The van der Waals surface area contributed by atoms with Gasteiger partial charge in [-0.25, -0.2) is 0 Å². The van der Waals surface area contributed by atoms with E-state index < -0.39 is 4.92 Å². The van der Waals surface area contributed by atoms with Crippen molar-refractivity contribution in [1.82, 2.24) is 10.2 Å². The average molecular weight is 177 g/mol. The Morgan fingerprint density at radius 3 is 3.00 bits per heavy atom. The molecule has 5 nitrogen and oxygen atoms in total. The van der Waals surface area contributed by atoms with Crippen LogP contribution >= 0.6 is 0 Å². The molecule has 0 saturated heterocycles. The van der Waals surface area contributed by atoms with Gasteiger partial charge in [-0.2, -0.15) is 5.10 Å². The third kappa shape index (κ3) is 1.14. The number of hydrogen-bond acceptors (Lipinski definition) is 3. The van der Waals surface area contributed by atoms with E-state index in [1.54, 1.807) is 6.20 Å². The SMILES string of the molecule is Cc1cc([N+](=O)[O-])cc2[nH]ncc12. The fraction of sp³-hybridized carbons (Fsp3) is 0.125. The van der Waals surface area contributed by atoms with Gasteiger partial charge in [-0.05, 0) is 12.5 Å². The van der Waals surface area contributed by atoms with Crippen molar-refractivity contribution in [2.24, 2.45) is 0 Å². The highest BCUT2D eigenvalue weighted by Crippen LogP contribution is 2.22. The van der Waals surface area contributed by atoms with Gasteiger partial charge in [-0.15, -0.1) is 0 Å². The van der Waals surface area contributed by atoms with Gasteiger partial charge in [0.1, 0.15) is 0 Å². The second-order valence-corrected chi connectivity index (χ2v) is 2.85. The van der Waals surface area contributed by atoms with E-state index >= 15 is 0 Å². The average Bonchev–Trinajstić information content (AvgIpc) is 2.51. The van der Waals surface area contributed by atoms with Crippen molar-refractivity contribution in [2.75, 3.05) is 0 Å². The third-order valence-corrected chi connectivity index (χ3v) is 1.96. The summed E-state index contributed by atoms with van der Waals surface area (Å²) in [4.78, 5) is 10.1. The molecule has 0 spiro atoms. The van der Waals surface area contributed by atoms with Crippen molar-refractivity contribution in [3.8, 4) is 0 Å². The van der Waals surface area contributed by atoms with E-state index in [0.29, 0.717) is 5.52 Å². The summed E-state index contributed by atoms with van der Waals surface area (Å²) in [6, 6.07) is 3.02. The van der Waals surface area contributed by atoms with Crippen LogP contribution in [-0.4, -0.2) is 15.1 Å². The Morgan fingerprint density at radius 1 is 1.54 bits per heavy atom. The number of nitro benzene ring substituents is 1. The summed E-state index contributed by atoms with van der Waals surface area (Å²) in [5.74, 6) is 0. The monoisotopic (exact) mass is 177 g/mol. The Morgan fingerprint density at radius 2 is 2.31 bits per heavy atom. The summed E-state index contributed by atoms with van der Waals surface area (Å²) in [6.07, 6.45) is 1.66. The van der Waals surface area contributed by atoms with E-state index in [4.69, 9.17) is 0 Å². The number of nitrogens with zero attached hydrogens (tertiary/aromatic N) is 2. The van der Waals surface area contributed by atoms with Gasteiger partial charge >= 0.3 is 0 Å². The molecule has 0 aliphatic heterocycles. The van der Waals surface area contributed by atoms with E-state index in [1.165, 1.54) is 12.1 Å². The molecule has 2 aromatic rings. The number of rotatable bonds is 1. The predicted molar refractivity (Wildman–Crippen MR) is 47.5 cm³/mol. The number of aromatic nitrogens is 2. The number of aromatic amines is 1. The normalized spacial score (nSPS) is 10.5. The van der Waals surface area contributed by atoms with Crippen LogP contribution in [0, 0.1) is 17.0 Å². The molecule has 1 aromatic heterocycles. The van der Waals surface area contributed by atoms with Gasteiger partial charge in [-0.3, -0.25) is 15.2 Å².